The molecule has 0 radical (unpaired) electrons. The van der Waals surface area contributed by atoms with Crippen LogP contribution in [0.25, 0.3) is 11.3 Å². The van der Waals surface area contributed by atoms with Gasteiger partial charge in [0.2, 0.25) is 0 Å². The molecule has 32 heavy (non-hydrogen) atoms. The molecule has 0 amide bonds. The summed E-state index contributed by atoms with van der Waals surface area (Å²) in [7, 11) is 0. The molecule has 5 rings (SSSR count). The lowest BCUT2D eigenvalue weighted by atomic mass is 9.80. The zero-order valence-electron chi connectivity index (χ0n) is 19.4. The van der Waals surface area contributed by atoms with Gasteiger partial charge in [0.15, 0.2) is 11.3 Å². The first-order valence-corrected chi connectivity index (χ1v) is 10.8. The van der Waals surface area contributed by atoms with Gasteiger partial charge in [0.25, 0.3) is 0 Å². The van der Waals surface area contributed by atoms with Crippen molar-refractivity contribution in [1.29, 1.82) is 0 Å². The van der Waals surface area contributed by atoms with Crippen LogP contribution in [0.5, 0.6) is 0 Å². The van der Waals surface area contributed by atoms with Gasteiger partial charge in [-0.2, -0.15) is 10.2 Å². The monoisotopic (exact) mass is 428 g/mol. The highest BCUT2D eigenvalue weighted by molar-refractivity contribution is 5.58. The van der Waals surface area contributed by atoms with Gasteiger partial charge < -0.3 is 4.57 Å². The van der Waals surface area contributed by atoms with Gasteiger partial charge in [-0.25, -0.2) is 24.0 Å². The Balaban J connectivity index is 1.67. The number of hydrogen-bond acceptors (Lipinski definition) is 5. The van der Waals surface area contributed by atoms with E-state index in [2.05, 4.69) is 74.0 Å². The molecule has 0 aromatic carbocycles. The zero-order chi connectivity index (χ0) is 22.7. The molecule has 8 nitrogen and oxygen atoms in total. The SMILES string of the molecule is Cc1nc2c(C(C)(C)C)ccc(C(C)(C)c3ccc(Cn4ccnc4)n4ncnc34)n2n1. The highest BCUT2D eigenvalue weighted by atomic mass is 15.3. The summed E-state index contributed by atoms with van der Waals surface area (Å²) in [5.74, 6) is 0.766. The average Bonchev–Trinajstić information content (AvgIpc) is 3.46. The lowest BCUT2D eigenvalue weighted by molar-refractivity contribution is 0.569. The summed E-state index contributed by atoms with van der Waals surface area (Å²) in [6.07, 6.45) is 7.15. The van der Waals surface area contributed by atoms with Crippen molar-refractivity contribution in [2.45, 2.75) is 58.9 Å². The first-order valence-electron chi connectivity index (χ1n) is 10.8. The molecule has 0 saturated carbocycles. The highest BCUT2D eigenvalue weighted by Crippen LogP contribution is 2.36. The van der Waals surface area contributed by atoms with E-state index < -0.39 is 0 Å². The number of rotatable bonds is 4. The molecule has 0 bridgehead atoms. The molecule has 5 heterocycles. The molecule has 0 spiro atoms. The van der Waals surface area contributed by atoms with Crippen molar-refractivity contribution in [3.05, 3.63) is 77.7 Å². The Morgan fingerprint density at radius 2 is 1.69 bits per heavy atom. The van der Waals surface area contributed by atoms with Crippen LogP contribution in [0.15, 0.2) is 49.3 Å². The maximum atomic E-state index is 4.77. The van der Waals surface area contributed by atoms with Crippen molar-refractivity contribution in [2.75, 3.05) is 0 Å². The Labute approximate surface area is 187 Å². The minimum absolute atomic E-state index is 0.0291. The second-order valence-corrected chi connectivity index (χ2v) is 9.87. The summed E-state index contributed by atoms with van der Waals surface area (Å²) in [5, 5.41) is 9.28. The lowest BCUT2D eigenvalue weighted by Crippen LogP contribution is -2.26. The maximum Gasteiger partial charge on any atom is 0.159 e. The molecule has 0 aliphatic heterocycles. The standard InChI is InChI=1S/C24H28N8/c1-16-28-22-18(23(2,3)4)9-10-20(32(22)29-16)24(5,6)19-8-7-17(13-30-12-11-25-15-30)31-21(19)26-14-27-31/h7-12,14-15H,13H2,1-6H3. The van der Waals surface area contributed by atoms with Crippen LogP contribution in [-0.2, 0) is 17.4 Å². The number of aryl methyl sites for hydroxylation is 1. The minimum Gasteiger partial charge on any atom is -0.331 e. The van der Waals surface area contributed by atoms with Gasteiger partial charge in [-0.05, 0) is 24.5 Å². The van der Waals surface area contributed by atoms with Crippen LogP contribution in [0.4, 0.5) is 0 Å². The second kappa shape index (κ2) is 6.98. The normalized spacial score (nSPS) is 12.8. The van der Waals surface area contributed by atoms with Crippen LogP contribution in [0, 0.1) is 6.92 Å². The highest BCUT2D eigenvalue weighted by Gasteiger charge is 2.32. The van der Waals surface area contributed by atoms with Gasteiger partial charge in [0, 0.05) is 28.9 Å². The molecule has 0 N–H and O–H groups in total. The molecule has 164 valence electrons. The van der Waals surface area contributed by atoms with Crippen molar-refractivity contribution >= 4 is 11.3 Å². The van der Waals surface area contributed by atoms with Gasteiger partial charge in [0.05, 0.1) is 24.3 Å². The van der Waals surface area contributed by atoms with E-state index in [0.717, 1.165) is 34.1 Å². The molecule has 0 saturated heterocycles. The van der Waals surface area contributed by atoms with E-state index in [1.165, 1.54) is 5.56 Å². The topological polar surface area (TPSA) is 78.2 Å². The third kappa shape index (κ3) is 3.18. The maximum absolute atomic E-state index is 4.77. The van der Waals surface area contributed by atoms with Crippen LogP contribution in [-0.4, -0.2) is 38.7 Å². The third-order valence-electron chi connectivity index (χ3n) is 6.12. The number of nitrogens with zero attached hydrogens (tertiary/aromatic N) is 8. The summed E-state index contributed by atoms with van der Waals surface area (Å²) in [5.41, 5.74) is 5.72. The van der Waals surface area contributed by atoms with E-state index in [1.54, 1.807) is 18.9 Å². The number of fused-ring (bicyclic) bond motifs is 2. The van der Waals surface area contributed by atoms with Crippen LogP contribution in [0.1, 0.15) is 63.0 Å². The molecule has 8 heteroatoms. The summed E-state index contributed by atoms with van der Waals surface area (Å²) in [6.45, 7) is 13.6. The van der Waals surface area contributed by atoms with Gasteiger partial charge in [-0.1, -0.05) is 46.8 Å². The van der Waals surface area contributed by atoms with E-state index in [4.69, 9.17) is 10.1 Å². The van der Waals surface area contributed by atoms with Crippen LogP contribution in [0.2, 0.25) is 0 Å². The number of imidazole rings is 1. The van der Waals surface area contributed by atoms with E-state index in [1.807, 2.05) is 26.7 Å². The largest absolute Gasteiger partial charge is 0.331 e. The number of pyridine rings is 2. The molecular formula is C24H28N8. The molecule has 0 fully saturated rings. The molecule has 0 aliphatic carbocycles. The summed E-state index contributed by atoms with van der Waals surface area (Å²) in [4.78, 5) is 13.5. The quantitative estimate of drug-likeness (QED) is 0.433. The predicted molar refractivity (Wildman–Crippen MR) is 123 cm³/mol. The first kappa shape index (κ1) is 20.4. The van der Waals surface area contributed by atoms with Crippen LogP contribution < -0.4 is 0 Å². The summed E-state index contributed by atoms with van der Waals surface area (Å²) < 4.78 is 5.95. The van der Waals surface area contributed by atoms with E-state index >= 15 is 0 Å². The first-order chi connectivity index (χ1) is 15.2. The third-order valence-corrected chi connectivity index (χ3v) is 6.12. The molecule has 0 aliphatic rings. The Kier molecular flexibility index (Phi) is 4.44. The van der Waals surface area contributed by atoms with Crippen molar-refractivity contribution in [3.63, 3.8) is 0 Å². The van der Waals surface area contributed by atoms with Crippen molar-refractivity contribution < 1.29 is 0 Å². The minimum atomic E-state index is -0.378. The molecule has 5 aromatic rings. The predicted octanol–water partition coefficient (Wildman–Crippen LogP) is 3.95. The van der Waals surface area contributed by atoms with E-state index in [-0.39, 0.29) is 10.8 Å². The fourth-order valence-corrected chi connectivity index (χ4v) is 4.40. The van der Waals surface area contributed by atoms with E-state index in [0.29, 0.717) is 6.54 Å². The number of hydrogen-bond donors (Lipinski definition) is 0. The van der Waals surface area contributed by atoms with Gasteiger partial charge >= 0.3 is 0 Å². The van der Waals surface area contributed by atoms with Gasteiger partial charge in [-0.3, -0.25) is 0 Å². The van der Waals surface area contributed by atoms with Gasteiger partial charge in [-0.15, -0.1) is 0 Å². The Bertz CT molecular complexity index is 1410. The summed E-state index contributed by atoms with van der Waals surface area (Å²) >= 11 is 0. The van der Waals surface area contributed by atoms with Gasteiger partial charge in [0.1, 0.15) is 12.2 Å². The van der Waals surface area contributed by atoms with E-state index in [9.17, 15) is 0 Å². The smallest absolute Gasteiger partial charge is 0.159 e. The number of aromatic nitrogens is 8. The van der Waals surface area contributed by atoms with Crippen LogP contribution in [0.3, 0.4) is 0 Å². The molecule has 0 atom stereocenters. The fourth-order valence-electron chi connectivity index (χ4n) is 4.40. The summed E-state index contributed by atoms with van der Waals surface area (Å²) in [6, 6.07) is 8.64. The average molecular weight is 429 g/mol. The lowest BCUT2D eigenvalue weighted by Gasteiger charge is -2.28. The van der Waals surface area contributed by atoms with Crippen LogP contribution >= 0.6 is 0 Å². The second-order valence-electron chi connectivity index (χ2n) is 9.87. The Hall–Kier alpha value is -3.55. The Morgan fingerprint density at radius 1 is 0.906 bits per heavy atom. The molecule has 0 unspecified atom stereocenters. The fraction of sp³-hybridized carbons (Fsp3) is 0.375. The van der Waals surface area contributed by atoms with Crippen molar-refractivity contribution in [3.8, 4) is 0 Å². The van der Waals surface area contributed by atoms with Crippen molar-refractivity contribution in [1.82, 2.24) is 38.7 Å². The Morgan fingerprint density at radius 3 is 2.41 bits per heavy atom. The zero-order valence-corrected chi connectivity index (χ0v) is 19.4. The molecule has 5 aromatic heterocycles. The van der Waals surface area contributed by atoms with Crippen molar-refractivity contribution in [2.24, 2.45) is 0 Å². The molecular weight excluding hydrogens is 400 g/mol.